The Hall–Kier alpha value is -1.95. The number of rotatable bonds is 7. The molecule has 6 heteroatoms. The molecule has 0 unspecified atom stereocenters. The number of amides is 1. The summed E-state index contributed by atoms with van der Waals surface area (Å²) in [5, 5.41) is 17.4. The Kier molecular flexibility index (Phi) is 5.95. The lowest BCUT2D eigenvalue weighted by molar-refractivity contribution is 0.0694. The monoisotopic (exact) mass is 266 g/mol. The smallest absolute Gasteiger partial charge is 0.337 e. The Balaban J connectivity index is 2.54. The van der Waals surface area contributed by atoms with Gasteiger partial charge in [0.05, 0.1) is 5.56 Å². The summed E-state index contributed by atoms with van der Waals surface area (Å²) in [6.45, 7) is 0.747. The molecule has 1 rings (SSSR count). The summed E-state index contributed by atoms with van der Waals surface area (Å²) in [7, 11) is 1.67. The first-order chi connectivity index (χ1) is 9.06. The minimum absolute atomic E-state index is 0.0575. The van der Waals surface area contributed by atoms with E-state index in [2.05, 4.69) is 4.98 Å². The number of nitrogens with zero attached hydrogens (tertiary/aromatic N) is 2. The fourth-order valence-electron chi connectivity index (χ4n) is 1.58. The SMILES string of the molecule is CN(CCCCCO)C(=O)c1ccc(C(=O)O)cn1. The molecule has 19 heavy (non-hydrogen) atoms. The normalized spacial score (nSPS) is 10.2. The van der Waals surface area contributed by atoms with Crippen LogP contribution in [0.4, 0.5) is 0 Å². The third kappa shape index (κ3) is 4.67. The Morgan fingerprint density at radius 2 is 2.00 bits per heavy atom. The maximum Gasteiger partial charge on any atom is 0.337 e. The van der Waals surface area contributed by atoms with Gasteiger partial charge in [0.15, 0.2) is 0 Å². The molecule has 0 aromatic carbocycles. The van der Waals surface area contributed by atoms with Crippen LogP contribution in [0.1, 0.15) is 40.1 Å². The largest absolute Gasteiger partial charge is 0.478 e. The fourth-order valence-corrected chi connectivity index (χ4v) is 1.58. The summed E-state index contributed by atoms with van der Waals surface area (Å²) in [4.78, 5) is 28.0. The van der Waals surface area contributed by atoms with Crippen molar-refractivity contribution in [2.75, 3.05) is 20.2 Å². The number of carbonyl (C=O) groups excluding carboxylic acids is 1. The summed E-state index contributed by atoms with van der Waals surface area (Å²) >= 11 is 0. The van der Waals surface area contributed by atoms with Crippen molar-refractivity contribution in [3.8, 4) is 0 Å². The van der Waals surface area contributed by atoms with Crippen molar-refractivity contribution in [3.63, 3.8) is 0 Å². The van der Waals surface area contributed by atoms with Crippen LogP contribution in [-0.2, 0) is 0 Å². The number of carboxylic acids is 1. The predicted molar refractivity (Wildman–Crippen MR) is 69.1 cm³/mol. The fraction of sp³-hybridized carbons (Fsp3) is 0.462. The zero-order valence-electron chi connectivity index (χ0n) is 10.9. The molecular formula is C13H18N2O4. The molecular weight excluding hydrogens is 248 g/mol. The Labute approximate surface area is 111 Å². The van der Waals surface area contributed by atoms with Crippen LogP contribution in [0.15, 0.2) is 18.3 Å². The Morgan fingerprint density at radius 3 is 2.53 bits per heavy atom. The topological polar surface area (TPSA) is 90.7 Å². The molecule has 1 aromatic rings. The number of aromatic carboxylic acids is 1. The van der Waals surface area contributed by atoms with Crippen molar-refractivity contribution < 1.29 is 19.8 Å². The van der Waals surface area contributed by atoms with Crippen LogP contribution < -0.4 is 0 Å². The van der Waals surface area contributed by atoms with Crippen LogP contribution in [-0.4, -0.2) is 52.2 Å². The molecule has 0 saturated heterocycles. The van der Waals surface area contributed by atoms with Gasteiger partial charge in [-0.2, -0.15) is 0 Å². The molecule has 1 heterocycles. The van der Waals surface area contributed by atoms with Gasteiger partial charge in [-0.1, -0.05) is 0 Å². The Bertz CT molecular complexity index is 431. The third-order valence-corrected chi connectivity index (χ3v) is 2.73. The molecule has 0 atom stereocenters. The van der Waals surface area contributed by atoms with E-state index < -0.39 is 5.97 Å². The van der Waals surface area contributed by atoms with Crippen molar-refractivity contribution in [1.29, 1.82) is 0 Å². The van der Waals surface area contributed by atoms with E-state index in [1.165, 1.54) is 18.3 Å². The van der Waals surface area contributed by atoms with Gasteiger partial charge in [0.2, 0.25) is 0 Å². The lowest BCUT2D eigenvalue weighted by Gasteiger charge is -2.16. The molecule has 0 saturated carbocycles. The summed E-state index contributed by atoms with van der Waals surface area (Å²) in [5.41, 5.74) is 0.289. The molecule has 0 bridgehead atoms. The summed E-state index contributed by atoms with van der Waals surface area (Å²) in [6, 6.07) is 2.78. The average molecular weight is 266 g/mol. The maximum absolute atomic E-state index is 12.0. The van der Waals surface area contributed by atoms with E-state index in [4.69, 9.17) is 10.2 Å². The van der Waals surface area contributed by atoms with Crippen LogP contribution in [0.5, 0.6) is 0 Å². The van der Waals surface area contributed by atoms with Crippen LogP contribution in [0, 0.1) is 0 Å². The van der Waals surface area contributed by atoms with Crippen molar-refractivity contribution in [3.05, 3.63) is 29.6 Å². The molecule has 104 valence electrons. The van der Waals surface area contributed by atoms with Crippen LogP contribution in [0.25, 0.3) is 0 Å². The highest BCUT2D eigenvalue weighted by molar-refractivity contribution is 5.93. The number of aromatic nitrogens is 1. The van der Waals surface area contributed by atoms with Crippen molar-refractivity contribution in [1.82, 2.24) is 9.88 Å². The minimum Gasteiger partial charge on any atom is -0.478 e. The van der Waals surface area contributed by atoms with E-state index in [9.17, 15) is 9.59 Å². The van der Waals surface area contributed by atoms with Crippen LogP contribution in [0.3, 0.4) is 0 Å². The molecule has 1 aromatic heterocycles. The Morgan fingerprint density at radius 1 is 1.26 bits per heavy atom. The zero-order valence-corrected chi connectivity index (χ0v) is 10.9. The lowest BCUT2D eigenvalue weighted by Crippen LogP contribution is -2.28. The number of unbranched alkanes of at least 4 members (excludes halogenated alkanes) is 2. The highest BCUT2D eigenvalue weighted by Crippen LogP contribution is 2.05. The van der Waals surface area contributed by atoms with Gasteiger partial charge in [0.25, 0.3) is 5.91 Å². The summed E-state index contributed by atoms with van der Waals surface area (Å²) < 4.78 is 0. The molecule has 0 radical (unpaired) electrons. The van der Waals surface area contributed by atoms with Crippen LogP contribution >= 0.6 is 0 Å². The molecule has 2 N–H and O–H groups in total. The molecule has 0 aliphatic carbocycles. The highest BCUT2D eigenvalue weighted by atomic mass is 16.4. The van der Waals surface area contributed by atoms with E-state index in [0.29, 0.717) is 6.54 Å². The van der Waals surface area contributed by atoms with E-state index in [1.54, 1.807) is 11.9 Å². The average Bonchev–Trinajstić information content (AvgIpc) is 2.42. The second-order valence-electron chi connectivity index (χ2n) is 4.25. The second-order valence-corrected chi connectivity index (χ2v) is 4.25. The number of aliphatic hydroxyl groups excluding tert-OH is 1. The first-order valence-corrected chi connectivity index (χ1v) is 6.12. The van der Waals surface area contributed by atoms with Crippen molar-refractivity contribution >= 4 is 11.9 Å². The van der Waals surface area contributed by atoms with Gasteiger partial charge in [-0.15, -0.1) is 0 Å². The number of carbonyl (C=O) groups is 2. The van der Waals surface area contributed by atoms with Gasteiger partial charge in [0.1, 0.15) is 5.69 Å². The van der Waals surface area contributed by atoms with Crippen molar-refractivity contribution in [2.45, 2.75) is 19.3 Å². The van der Waals surface area contributed by atoms with E-state index in [-0.39, 0.29) is 23.8 Å². The predicted octanol–water partition coefficient (Wildman–Crippen LogP) is 1.01. The van der Waals surface area contributed by atoms with Gasteiger partial charge in [0, 0.05) is 26.4 Å². The number of pyridine rings is 1. The van der Waals surface area contributed by atoms with E-state index >= 15 is 0 Å². The first kappa shape index (κ1) is 15.1. The van der Waals surface area contributed by atoms with Gasteiger partial charge >= 0.3 is 5.97 Å². The number of hydrogen-bond acceptors (Lipinski definition) is 4. The van der Waals surface area contributed by atoms with Gasteiger partial charge < -0.3 is 15.1 Å². The molecule has 0 aliphatic heterocycles. The molecule has 0 spiro atoms. The second kappa shape index (κ2) is 7.48. The van der Waals surface area contributed by atoms with Gasteiger partial charge in [-0.05, 0) is 31.4 Å². The summed E-state index contributed by atoms with van der Waals surface area (Å²) in [5.74, 6) is -1.30. The zero-order chi connectivity index (χ0) is 14.3. The van der Waals surface area contributed by atoms with E-state index in [0.717, 1.165) is 19.3 Å². The standard InChI is InChI=1S/C13H18N2O4/c1-15(7-3-2-4-8-16)12(17)11-6-5-10(9-14-11)13(18)19/h5-6,9,16H,2-4,7-8H2,1H3,(H,18,19). The maximum atomic E-state index is 12.0. The summed E-state index contributed by atoms with van der Waals surface area (Å²) in [6.07, 6.45) is 3.58. The first-order valence-electron chi connectivity index (χ1n) is 6.12. The van der Waals surface area contributed by atoms with Gasteiger partial charge in [-0.3, -0.25) is 9.78 Å². The number of carboxylic acid groups (broad SMARTS) is 1. The van der Waals surface area contributed by atoms with Gasteiger partial charge in [-0.25, -0.2) is 4.79 Å². The van der Waals surface area contributed by atoms with Crippen LogP contribution in [0.2, 0.25) is 0 Å². The molecule has 0 fully saturated rings. The third-order valence-electron chi connectivity index (χ3n) is 2.73. The highest BCUT2D eigenvalue weighted by Gasteiger charge is 2.13. The van der Waals surface area contributed by atoms with Crippen molar-refractivity contribution in [2.24, 2.45) is 0 Å². The quantitative estimate of drug-likeness (QED) is 0.719. The molecule has 0 aliphatic rings. The number of aliphatic hydroxyl groups is 1. The minimum atomic E-state index is -1.07. The molecule has 6 nitrogen and oxygen atoms in total. The van der Waals surface area contributed by atoms with E-state index in [1.807, 2.05) is 0 Å². The lowest BCUT2D eigenvalue weighted by atomic mass is 10.2. The molecule has 1 amide bonds. The number of hydrogen-bond donors (Lipinski definition) is 2.